The number of primary amides is 1. The molecule has 0 spiro atoms. The van der Waals surface area contributed by atoms with Gasteiger partial charge in [0, 0.05) is 11.1 Å². The third kappa shape index (κ3) is 2.31. The zero-order valence-electron chi connectivity index (χ0n) is 11.4. The van der Waals surface area contributed by atoms with Crippen LogP contribution >= 0.6 is 0 Å². The molecule has 2 heterocycles. The molecule has 1 amide bonds. The fraction of sp³-hybridized carbons (Fsp3) is 0. The molecule has 6 heteroatoms. The lowest BCUT2D eigenvalue weighted by molar-refractivity contribution is 0.100. The lowest BCUT2D eigenvalue weighted by Gasteiger charge is -2.11. The van der Waals surface area contributed by atoms with Gasteiger partial charge in [0.05, 0.1) is 17.5 Å². The fourth-order valence-corrected chi connectivity index (χ4v) is 2.26. The molecule has 0 fully saturated rings. The zero-order chi connectivity index (χ0) is 15.7. The van der Waals surface area contributed by atoms with Gasteiger partial charge in [-0.3, -0.25) is 4.79 Å². The number of hydrogen-bond donors (Lipinski definition) is 2. The Bertz CT molecular complexity index is 845. The van der Waals surface area contributed by atoms with E-state index in [1.807, 2.05) is 0 Å². The van der Waals surface area contributed by atoms with Crippen molar-refractivity contribution < 1.29 is 13.6 Å². The fourth-order valence-electron chi connectivity index (χ4n) is 2.26. The number of nitrogens with zero attached hydrogens (tertiary/aromatic N) is 1. The van der Waals surface area contributed by atoms with E-state index >= 15 is 0 Å². The number of carbonyl (C=O) groups is 1. The molecule has 0 bridgehead atoms. The van der Waals surface area contributed by atoms with Gasteiger partial charge in [0.25, 0.3) is 5.91 Å². The van der Waals surface area contributed by atoms with Crippen molar-refractivity contribution in [2.24, 2.45) is 5.73 Å². The van der Waals surface area contributed by atoms with E-state index in [-0.39, 0.29) is 16.9 Å². The highest BCUT2D eigenvalue weighted by Gasteiger charge is 2.20. The first kappa shape index (κ1) is 13.8. The number of pyridine rings is 1. The molecule has 0 aliphatic heterocycles. The van der Waals surface area contributed by atoms with Crippen LogP contribution < -0.4 is 11.5 Å². The van der Waals surface area contributed by atoms with E-state index in [1.165, 1.54) is 18.4 Å². The van der Waals surface area contributed by atoms with Gasteiger partial charge in [-0.05, 0) is 30.3 Å². The maximum atomic E-state index is 13.9. The van der Waals surface area contributed by atoms with Gasteiger partial charge in [-0.2, -0.15) is 0 Å². The van der Waals surface area contributed by atoms with Crippen LogP contribution in [0.2, 0.25) is 0 Å². The van der Waals surface area contributed by atoms with Crippen molar-refractivity contribution in [2.45, 2.75) is 0 Å². The molecule has 1 aromatic carbocycles. The molecule has 3 rings (SSSR count). The van der Waals surface area contributed by atoms with Crippen LogP contribution in [0.5, 0.6) is 0 Å². The molecular formula is C16H12FN3O2. The van der Waals surface area contributed by atoms with Crippen molar-refractivity contribution in [1.82, 2.24) is 4.98 Å². The Morgan fingerprint density at radius 3 is 2.55 bits per heavy atom. The molecule has 2 aromatic heterocycles. The monoisotopic (exact) mass is 297 g/mol. The summed E-state index contributed by atoms with van der Waals surface area (Å²) < 4.78 is 19.2. The molecule has 22 heavy (non-hydrogen) atoms. The number of hydrogen-bond acceptors (Lipinski definition) is 4. The maximum Gasteiger partial charge on any atom is 0.253 e. The van der Waals surface area contributed by atoms with Crippen LogP contribution in [0.25, 0.3) is 22.6 Å². The summed E-state index contributed by atoms with van der Waals surface area (Å²) in [6, 6.07) is 11.0. The number of anilines is 1. The highest BCUT2D eigenvalue weighted by atomic mass is 19.1. The van der Waals surface area contributed by atoms with E-state index in [2.05, 4.69) is 4.98 Å². The van der Waals surface area contributed by atoms with E-state index in [0.717, 1.165) is 0 Å². The number of nitrogens with two attached hydrogens (primary N) is 2. The first-order valence-electron chi connectivity index (χ1n) is 6.47. The largest absolute Gasteiger partial charge is 0.464 e. The number of amides is 1. The standard InChI is InChI=1S/C16H12FN3O2/c17-11-5-2-1-4-9(11)12-8-10(13-6-3-7-22-13)14(16(19)21)15(18)20-12/h1-8H,(H2,18,20)(H2,19,21). The van der Waals surface area contributed by atoms with Crippen molar-refractivity contribution in [3.8, 4) is 22.6 Å². The Labute approximate surface area is 125 Å². The number of furan rings is 1. The normalized spacial score (nSPS) is 10.6. The van der Waals surface area contributed by atoms with Gasteiger partial charge in [-0.1, -0.05) is 12.1 Å². The Kier molecular flexibility index (Phi) is 3.34. The average molecular weight is 297 g/mol. The number of carbonyl (C=O) groups excluding carboxylic acids is 1. The summed E-state index contributed by atoms with van der Waals surface area (Å²) in [4.78, 5) is 15.7. The molecule has 0 unspecified atom stereocenters. The molecule has 0 radical (unpaired) electrons. The van der Waals surface area contributed by atoms with Crippen LogP contribution in [-0.4, -0.2) is 10.9 Å². The van der Waals surface area contributed by atoms with Crippen molar-refractivity contribution in [3.63, 3.8) is 0 Å². The van der Waals surface area contributed by atoms with Crippen molar-refractivity contribution in [3.05, 3.63) is 60.1 Å². The summed E-state index contributed by atoms with van der Waals surface area (Å²) >= 11 is 0. The summed E-state index contributed by atoms with van der Waals surface area (Å²) in [5, 5.41) is 0. The molecule has 0 atom stereocenters. The van der Waals surface area contributed by atoms with Crippen LogP contribution in [0.1, 0.15) is 10.4 Å². The van der Waals surface area contributed by atoms with Crippen molar-refractivity contribution in [1.29, 1.82) is 0 Å². The topological polar surface area (TPSA) is 95.1 Å². The number of rotatable bonds is 3. The van der Waals surface area contributed by atoms with Crippen LogP contribution in [-0.2, 0) is 0 Å². The molecule has 0 saturated carbocycles. The molecular weight excluding hydrogens is 285 g/mol. The van der Waals surface area contributed by atoms with E-state index in [9.17, 15) is 9.18 Å². The molecule has 0 aliphatic rings. The van der Waals surface area contributed by atoms with Gasteiger partial charge in [-0.25, -0.2) is 9.37 Å². The second-order valence-electron chi connectivity index (χ2n) is 4.64. The third-order valence-corrected chi connectivity index (χ3v) is 3.23. The van der Waals surface area contributed by atoms with Gasteiger partial charge >= 0.3 is 0 Å². The minimum Gasteiger partial charge on any atom is -0.464 e. The van der Waals surface area contributed by atoms with E-state index in [4.69, 9.17) is 15.9 Å². The quantitative estimate of drug-likeness (QED) is 0.777. The van der Waals surface area contributed by atoms with E-state index < -0.39 is 11.7 Å². The smallest absolute Gasteiger partial charge is 0.253 e. The van der Waals surface area contributed by atoms with Gasteiger partial charge in [-0.15, -0.1) is 0 Å². The van der Waals surface area contributed by atoms with Crippen molar-refractivity contribution in [2.75, 3.05) is 5.73 Å². The molecule has 3 aromatic rings. The number of halogens is 1. The Morgan fingerprint density at radius 2 is 1.91 bits per heavy atom. The van der Waals surface area contributed by atoms with Crippen LogP contribution in [0.3, 0.4) is 0 Å². The first-order valence-corrected chi connectivity index (χ1v) is 6.47. The first-order chi connectivity index (χ1) is 10.6. The Balaban J connectivity index is 2.28. The third-order valence-electron chi connectivity index (χ3n) is 3.23. The lowest BCUT2D eigenvalue weighted by atomic mass is 10.0. The minimum atomic E-state index is -0.725. The second kappa shape index (κ2) is 5.33. The second-order valence-corrected chi connectivity index (χ2v) is 4.64. The average Bonchev–Trinajstić information content (AvgIpc) is 3.00. The molecule has 0 aliphatic carbocycles. The number of benzene rings is 1. The van der Waals surface area contributed by atoms with E-state index in [0.29, 0.717) is 17.0 Å². The summed E-state index contributed by atoms with van der Waals surface area (Å²) in [5.74, 6) is -0.830. The predicted molar refractivity (Wildman–Crippen MR) is 80.3 cm³/mol. The lowest BCUT2D eigenvalue weighted by Crippen LogP contribution is -2.16. The number of aromatic nitrogens is 1. The van der Waals surface area contributed by atoms with Gasteiger partial charge in [0.1, 0.15) is 17.4 Å². The highest BCUT2D eigenvalue weighted by Crippen LogP contribution is 2.32. The SMILES string of the molecule is NC(=O)c1c(-c2ccco2)cc(-c2ccccc2F)nc1N. The zero-order valence-corrected chi connectivity index (χ0v) is 11.4. The van der Waals surface area contributed by atoms with Crippen LogP contribution in [0.4, 0.5) is 10.2 Å². The summed E-state index contributed by atoms with van der Waals surface area (Å²) in [6.07, 6.45) is 1.46. The molecule has 4 N–H and O–H groups in total. The summed E-state index contributed by atoms with van der Waals surface area (Å²) in [5.41, 5.74) is 12.2. The summed E-state index contributed by atoms with van der Waals surface area (Å²) in [7, 11) is 0. The minimum absolute atomic E-state index is 0.0510. The summed E-state index contributed by atoms with van der Waals surface area (Å²) in [6.45, 7) is 0. The molecule has 0 saturated heterocycles. The molecule has 5 nitrogen and oxygen atoms in total. The molecule has 110 valence electrons. The highest BCUT2D eigenvalue weighted by molar-refractivity contribution is 6.04. The van der Waals surface area contributed by atoms with Crippen LogP contribution in [0.15, 0.2) is 53.1 Å². The van der Waals surface area contributed by atoms with Crippen molar-refractivity contribution >= 4 is 11.7 Å². The Morgan fingerprint density at radius 1 is 1.14 bits per heavy atom. The van der Waals surface area contributed by atoms with Crippen LogP contribution in [0, 0.1) is 5.82 Å². The predicted octanol–water partition coefficient (Wildman–Crippen LogP) is 2.83. The maximum absolute atomic E-state index is 13.9. The van der Waals surface area contributed by atoms with E-state index in [1.54, 1.807) is 30.3 Å². The van der Waals surface area contributed by atoms with Gasteiger partial charge in [0.15, 0.2) is 0 Å². The number of nitrogen functional groups attached to an aromatic ring is 1. The van der Waals surface area contributed by atoms with Gasteiger partial charge in [0.2, 0.25) is 0 Å². The van der Waals surface area contributed by atoms with Gasteiger partial charge < -0.3 is 15.9 Å². The Hall–Kier alpha value is -3.15.